The minimum atomic E-state index is -5.21. The molecule has 4 unspecified atom stereocenters. The molecule has 0 rings (SSSR count). The Balaban J connectivity index is 0. The van der Waals surface area contributed by atoms with E-state index in [9.17, 15) is 32.8 Å². The molecule has 6 N–H and O–H groups in total. The second kappa shape index (κ2) is 14.1. The highest BCUT2D eigenvalue weighted by molar-refractivity contribution is 7.88. The zero-order chi connectivity index (χ0) is 23.7. The highest BCUT2D eigenvalue weighted by Crippen LogP contribution is 2.43. The molecule has 0 aliphatic rings. The number of carboxylic acid groups (broad SMARTS) is 2. The first-order chi connectivity index (χ1) is 13.8. The van der Waals surface area contributed by atoms with Gasteiger partial charge in [0.15, 0.2) is 0 Å². The molecule has 4 atom stereocenters. The lowest BCUT2D eigenvalue weighted by Crippen LogP contribution is -2.61. The molecule has 186 valence electrons. The van der Waals surface area contributed by atoms with Crippen molar-refractivity contribution >= 4 is 22.1 Å². The maximum Gasteiger partial charge on any atom is 0.328 e. The van der Waals surface area contributed by atoms with E-state index in [1.807, 2.05) is 27.7 Å². The molecule has 0 heterocycles. The number of hydrogen-bond donors (Lipinski definition) is 4. The summed E-state index contributed by atoms with van der Waals surface area (Å²) in [5, 5.41) is 20.0. The number of rotatable bonds is 16. The third-order valence-corrected chi connectivity index (χ3v) is 8.82. The Morgan fingerprint density at radius 1 is 0.806 bits per heavy atom. The van der Waals surface area contributed by atoms with Gasteiger partial charge < -0.3 is 16.4 Å². The molecule has 0 saturated carbocycles. The predicted molar refractivity (Wildman–Crippen MR) is 123 cm³/mol. The van der Waals surface area contributed by atoms with Gasteiger partial charge in [-0.15, -0.1) is 0 Å². The fourth-order valence-corrected chi connectivity index (χ4v) is 6.29. The van der Waals surface area contributed by atoms with Crippen molar-refractivity contribution in [3.63, 3.8) is 0 Å². The van der Waals surface area contributed by atoms with E-state index in [0.29, 0.717) is 25.2 Å². The van der Waals surface area contributed by atoms with Gasteiger partial charge in [-0.25, -0.2) is 0 Å². The smallest absolute Gasteiger partial charge is 0.328 e. The van der Waals surface area contributed by atoms with Gasteiger partial charge in [0.05, 0.1) is 5.92 Å². The summed E-state index contributed by atoms with van der Waals surface area (Å²) in [6.45, 7) is 11.1. The highest BCUT2D eigenvalue weighted by atomic mass is 32.2. The first kappa shape index (κ1) is 32.0. The van der Waals surface area contributed by atoms with Crippen LogP contribution in [0.3, 0.4) is 0 Å². The van der Waals surface area contributed by atoms with Gasteiger partial charge in [-0.1, -0.05) is 80.1 Å². The minimum Gasteiger partial charge on any atom is -0.481 e. The summed E-state index contributed by atoms with van der Waals surface area (Å²) < 4.78 is 32.4. The molecule has 0 aromatic rings. The van der Waals surface area contributed by atoms with Gasteiger partial charge in [0.25, 0.3) is 10.1 Å². The largest absolute Gasteiger partial charge is 0.481 e. The molecule has 0 aliphatic carbocycles. The fraction of sp³-hybridized carbons (Fsp3) is 0.909. The van der Waals surface area contributed by atoms with Crippen molar-refractivity contribution in [1.82, 2.24) is 6.15 Å². The highest BCUT2D eigenvalue weighted by Gasteiger charge is 2.63. The molecule has 0 aromatic heterocycles. The van der Waals surface area contributed by atoms with Crippen molar-refractivity contribution in [3.8, 4) is 0 Å². The lowest BCUT2D eigenvalue weighted by molar-refractivity contribution is -0.156. The summed E-state index contributed by atoms with van der Waals surface area (Å²) in [6.07, 6.45) is 5.40. The van der Waals surface area contributed by atoms with E-state index in [1.165, 1.54) is 6.92 Å². The van der Waals surface area contributed by atoms with Crippen LogP contribution in [0, 0.1) is 29.6 Å². The maximum absolute atomic E-state index is 12.5. The van der Waals surface area contributed by atoms with Gasteiger partial charge in [-0.05, 0) is 36.5 Å². The van der Waals surface area contributed by atoms with Crippen molar-refractivity contribution in [3.05, 3.63) is 0 Å². The first-order valence-electron chi connectivity index (χ1n) is 11.3. The van der Waals surface area contributed by atoms with Crippen LogP contribution >= 0.6 is 0 Å². The van der Waals surface area contributed by atoms with E-state index in [-0.39, 0.29) is 18.5 Å². The molecule has 9 heteroatoms. The lowest BCUT2D eigenvalue weighted by atomic mass is 9.71. The molecular weight excluding hydrogens is 422 g/mol. The van der Waals surface area contributed by atoms with Crippen LogP contribution in [0.15, 0.2) is 0 Å². The molecule has 8 nitrogen and oxygen atoms in total. The molecule has 0 spiro atoms. The van der Waals surface area contributed by atoms with Crippen molar-refractivity contribution < 1.29 is 32.8 Å². The summed E-state index contributed by atoms with van der Waals surface area (Å²) in [7, 11) is -5.21. The third-order valence-electron chi connectivity index (χ3n) is 7.14. The molecule has 0 saturated heterocycles. The van der Waals surface area contributed by atoms with Crippen LogP contribution in [0.25, 0.3) is 0 Å². The zero-order valence-corrected chi connectivity index (χ0v) is 21.0. The average molecular weight is 468 g/mol. The fourth-order valence-electron chi connectivity index (χ4n) is 4.78. The Labute approximate surface area is 188 Å². The van der Waals surface area contributed by atoms with E-state index < -0.39 is 44.6 Å². The Morgan fingerprint density at radius 2 is 1.19 bits per heavy atom. The Kier molecular flexibility index (Phi) is 14.5. The van der Waals surface area contributed by atoms with Crippen molar-refractivity contribution in [1.29, 1.82) is 0 Å². The van der Waals surface area contributed by atoms with Crippen molar-refractivity contribution in [2.24, 2.45) is 29.6 Å². The Hall–Kier alpha value is -1.19. The van der Waals surface area contributed by atoms with Crippen LogP contribution < -0.4 is 6.15 Å². The van der Waals surface area contributed by atoms with Crippen molar-refractivity contribution in [2.45, 2.75) is 97.7 Å². The van der Waals surface area contributed by atoms with E-state index in [2.05, 4.69) is 0 Å². The SMILES string of the molecule is CCC(CC)CCC(C)C(C(=O)O)C(C(=O)O)(C(C)CCC(CC)CC)S(=O)(=O)O.N. The monoisotopic (exact) mass is 467 g/mol. The Morgan fingerprint density at radius 3 is 1.48 bits per heavy atom. The first-order valence-corrected chi connectivity index (χ1v) is 12.7. The van der Waals surface area contributed by atoms with E-state index in [0.717, 1.165) is 25.7 Å². The maximum atomic E-state index is 12.5. The van der Waals surface area contributed by atoms with E-state index in [4.69, 9.17) is 0 Å². The van der Waals surface area contributed by atoms with Gasteiger partial charge in [0, 0.05) is 0 Å². The van der Waals surface area contributed by atoms with Crippen LogP contribution in [0.1, 0.15) is 92.9 Å². The van der Waals surface area contributed by atoms with E-state index >= 15 is 0 Å². The quantitative estimate of drug-likeness (QED) is 0.223. The molecule has 0 radical (unpaired) electrons. The van der Waals surface area contributed by atoms with Crippen LogP contribution in [0.2, 0.25) is 0 Å². The minimum absolute atomic E-state index is 0. The topological polar surface area (TPSA) is 164 Å². The van der Waals surface area contributed by atoms with Crippen molar-refractivity contribution in [2.75, 3.05) is 0 Å². The third kappa shape index (κ3) is 7.71. The summed E-state index contributed by atoms with van der Waals surface area (Å²) >= 11 is 0. The molecule has 0 amide bonds. The summed E-state index contributed by atoms with van der Waals surface area (Å²) in [5.41, 5.74) is 0. The number of hydrogen-bond acceptors (Lipinski definition) is 5. The number of carboxylic acids is 2. The second-order valence-electron chi connectivity index (χ2n) is 8.79. The zero-order valence-electron chi connectivity index (χ0n) is 20.1. The van der Waals surface area contributed by atoms with Gasteiger partial charge in [-0.2, -0.15) is 8.42 Å². The molecule has 0 aromatic carbocycles. The van der Waals surface area contributed by atoms with Gasteiger partial charge in [0.2, 0.25) is 4.75 Å². The summed E-state index contributed by atoms with van der Waals surface area (Å²) in [4.78, 5) is 24.6. The lowest BCUT2D eigenvalue weighted by Gasteiger charge is -2.40. The van der Waals surface area contributed by atoms with E-state index in [1.54, 1.807) is 6.92 Å². The van der Waals surface area contributed by atoms with Crippen LogP contribution in [-0.4, -0.2) is 39.9 Å². The summed E-state index contributed by atoms with van der Waals surface area (Å²) in [5.74, 6) is -6.16. The normalized spacial score (nSPS) is 16.9. The molecule has 0 fully saturated rings. The Bertz CT molecular complexity index is 644. The number of carbonyl (C=O) groups is 2. The summed E-state index contributed by atoms with van der Waals surface area (Å²) in [6, 6.07) is 0. The molecule has 31 heavy (non-hydrogen) atoms. The predicted octanol–water partition coefficient (Wildman–Crippen LogP) is 5.27. The van der Waals surface area contributed by atoms with Gasteiger partial charge >= 0.3 is 11.9 Å². The molecule has 0 aliphatic heterocycles. The standard InChI is InChI=1S/C22H42O7S.H3N/c1-7-17(8-2)13-11-15(5)19(20(23)24)22(21(25)26,30(27,28)29)16(6)12-14-18(9-3)10-4;/h15-19H,7-14H2,1-6H3,(H,23,24)(H,25,26)(H,27,28,29);1H3. The van der Waals surface area contributed by atoms with Gasteiger partial charge in [-0.3, -0.25) is 14.1 Å². The van der Waals surface area contributed by atoms with Crippen LogP contribution in [0.5, 0.6) is 0 Å². The number of aliphatic carboxylic acids is 2. The molecule has 0 bridgehead atoms. The average Bonchev–Trinajstić information content (AvgIpc) is 2.65. The second-order valence-corrected chi connectivity index (χ2v) is 10.4. The molecular formula is C22H45NO7S. The van der Waals surface area contributed by atoms with Crippen LogP contribution in [-0.2, 0) is 19.7 Å². The van der Waals surface area contributed by atoms with Crippen LogP contribution in [0.4, 0.5) is 0 Å². The van der Waals surface area contributed by atoms with Gasteiger partial charge in [0.1, 0.15) is 0 Å².